The van der Waals surface area contributed by atoms with Crippen molar-refractivity contribution in [3.05, 3.63) is 91.0 Å². The van der Waals surface area contributed by atoms with Gasteiger partial charge in [-0.1, -0.05) is 0 Å². The molecule has 0 N–H and O–H groups in total. The van der Waals surface area contributed by atoms with E-state index in [9.17, 15) is 0 Å². The van der Waals surface area contributed by atoms with Gasteiger partial charge in [-0.2, -0.15) is 0 Å². The quantitative estimate of drug-likeness (QED) is 0.528. The van der Waals surface area contributed by atoms with E-state index in [2.05, 4.69) is 72.8 Å². The maximum atomic E-state index is 6.24. The summed E-state index contributed by atoms with van der Waals surface area (Å²) in [4.78, 5) is 0. The Morgan fingerprint density at radius 1 is 0.524 bits per heavy atom. The molecule has 0 saturated carbocycles. The van der Waals surface area contributed by atoms with Crippen molar-refractivity contribution in [3.8, 4) is 0 Å². The van der Waals surface area contributed by atoms with Crippen LogP contribution in [0.3, 0.4) is 0 Å². The Morgan fingerprint density at radius 3 is 1.05 bits per heavy atom. The van der Waals surface area contributed by atoms with Crippen LogP contribution >= 0.6 is 0 Å². The Labute approximate surface area is 138 Å². The molecule has 3 aromatic carbocycles. The number of hydrogen-bond acceptors (Lipinski definition) is 1. The second-order valence-corrected chi connectivity index (χ2v) is 9.14. The van der Waals surface area contributed by atoms with Gasteiger partial charge >= 0.3 is 139 Å². The first kappa shape index (κ1) is 14.5. The molecule has 0 aliphatic rings. The first-order chi connectivity index (χ1) is 10.4. The number of hydrogen-bond donors (Lipinski definition) is 0. The Hall–Kier alpha value is -1.45. The number of benzene rings is 3. The van der Waals surface area contributed by atoms with Gasteiger partial charge in [-0.3, -0.25) is 0 Å². The summed E-state index contributed by atoms with van der Waals surface area (Å²) in [5.41, 5.74) is 0. The molecule has 101 valence electrons. The van der Waals surface area contributed by atoms with Gasteiger partial charge in [0.2, 0.25) is 0 Å². The Kier molecular flexibility index (Phi) is 4.51. The van der Waals surface area contributed by atoms with Crippen molar-refractivity contribution in [1.82, 2.24) is 0 Å². The van der Waals surface area contributed by atoms with Crippen molar-refractivity contribution in [3.63, 3.8) is 0 Å². The van der Waals surface area contributed by atoms with E-state index < -0.39 is 8.32 Å². The molecule has 0 unspecified atom stereocenters. The molecular formula is C18H15OSiTi. The summed E-state index contributed by atoms with van der Waals surface area (Å²) in [5.74, 6) is 0. The molecule has 21 heavy (non-hydrogen) atoms. The fourth-order valence-electron chi connectivity index (χ4n) is 2.70. The summed E-state index contributed by atoms with van der Waals surface area (Å²) in [6.45, 7) is 0. The third-order valence-electron chi connectivity index (χ3n) is 3.69. The maximum absolute atomic E-state index is 6.24. The third kappa shape index (κ3) is 2.68. The second-order valence-electron chi connectivity index (χ2n) is 4.88. The molecule has 0 spiro atoms. The molecule has 3 heteroatoms. The molecule has 0 aliphatic heterocycles. The summed E-state index contributed by atoms with van der Waals surface area (Å²) in [6.07, 6.45) is 0. The van der Waals surface area contributed by atoms with Crippen molar-refractivity contribution in [2.75, 3.05) is 0 Å². The fourth-order valence-corrected chi connectivity index (χ4v) is 7.69. The van der Waals surface area contributed by atoms with Crippen LogP contribution in [0.15, 0.2) is 91.0 Å². The molecule has 0 radical (unpaired) electrons. The normalized spacial score (nSPS) is 11.2. The molecule has 1 nitrogen and oxygen atoms in total. The van der Waals surface area contributed by atoms with E-state index in [4.69, 9.17) is 3.01 Å². The minimum atomic E-state index is -2.40. The van der Waals surface area contributed by atoms with E-state index in [-0.39, 0.29) is 0 Å². The van der Waals surface area contributed by atoms with Gasteiger partial charge in [0.15, 0.2) is 0 Å². The van der Waals surface area contributed by atoms with E-state index in [0.717, 1.165) is 0 Å². The summed E-state index contributed by atoms with van der Waals surface area (Å²) >= 11 is 1.83. The van der Waals surface area contributed by atoms with Crippen LogP contribution in [0.5, 0.6) is 0 Å². The van der Waals surface area contributed by atoms with Gasteiger partial charge in [-0.15, -0.1) is 0 Å². The SMILES string of the molecule is [Ti][O][Si](c1ccccc1)(c1ccccc1)c1ccccc1. The average molecular weight is 323 g/mol. The zero-order valence-electron chi connectivity index (χ0n) is 11.6. The Morgan fingerprint density at radius 2 is 0.810 bits per heavy atom. The molecule has 0 aliphatic carbocycles. The predicted octanol–water partition coefficient (Wildman–Crippen LogP) is 2.13. The van der Waals surface area contributed by atoms with Gasteiger partial charge in [0.05, 0.1) is 0 Å². The standard InChI is InChI=1S/C18H15OSi.Ti/c19-20(16-10-4-1-5-11-16,17-12-6-2-7-13-17)18-14-8-3-9-15-18;/h1-15H;/q-1;+1. The van der Waals surface area contributed by atoms with E-state index in [1.807, 2.05) is 39.0 Å². The first-order valence-electron chi connectivity index (χ1n) is 6.89. The van der Waals surface area contributed by atoms with Crippen molar-refractivity contribution >= 4 is 23.9 Å². The van der Waals surface area contributed by atoms with Crippen LogP contribution < -0.4 is 15.6 Å². The van der Waals surface area contributed by atoms with Gasteiger partial charge in [0.25, 0.3) is 0 Å². The van der Waals surface area contributed by atoms with Crippen LogP contribution in [0.25, 0.3) is 0 Å². The average Bonchev–Trinajstić information content (AvgIpc) is 2.59. The van der Waals surface area contributed by atoms with Gasteiger partial charge in [-0.05, 0) is 0 Å². The summed E-state index contributed by atoms with van der Waals surface area (Å²) in [7, 11) is -2.40. The molecule has 3 aromatic rings. The Bertz CT molecular complexity index is 590. The van der Waals surface area contributed by atoms with Crippen LogP contribution in [0.2, 0.25) is 0 Å². The van der Waals surface area contributed by atoms with Crippen molar-refractivity contribution in [2.45, 2.75) is 0 Å². The van der Waals surface area contributed by atoms with Crippen LogP contribution in [-0.2, 0) is 23.8 Å². The molecular weight excluding hydrogens is 308 g/mol. The Balaban J connectivity index is 2.29. The molecule has 0 saturated heterocycles. The predicted molar refractivity (Wildman–Crippen MR) is 85.1 cm³/mol. The molecule has 0 aromatic heterocycles. The van der Waals surface area contributed by atoms with Crippen LogP contribution in [0.4, 0.5) is 0 Å². The van der Waals surface area contributed by atoms with E-state index >= 15 is 0 Å². The summed E-state index contributed by atoms with van der Waals surface area (Å²) in [5, 5.41) is 3.81. The van der Waals surface area contributed by atoms with Crippen LogP contribution in [-0.4, -0.2) is 8.32 Å². The van der Waals surface area contributed by atoms with E-state index in [1.165, 1.54) is 15.6 Å². The monoisotopic (exact) mass is 323 g/mol. The zero-order chi connectivity index (χ0) is 14.5. The minimum absolute atomic E-state index is 1.27. The van der Waals surface area contributed by atoms with Crippen LogP contribution in [0.1, 0.15) is 0 Å². The van der Waals surface area contributed by atoms with Gasteiger partial charge in [0, 0.05) is 0 Å². The third-order valence-corrected chi connectivity index (χ3v) is 8.87. The van der Waals surface area contributed by atoms with Crippen molar-refractivity contribution < 1.29 is 23.8 Å². The second kappa shape index (κ2) is 6.54. The molecule has 3 rings (SSSR count). The van der Waals surface area contributed by atoms with Gasteiger partial charge < -0.3 is 0 Å². The van der Waals surface area contributed by atoms with E-state index in [0.29, 0.717) is 0 Å². The summed E-state index contributed by atoms with van der Waals surface area (Å²) < 4.78 is 6.24. The number of rotatable bonds is 4. The molecule has 0 amide bonds. The van der Waals surface area contributed by atoms with Crippen molar-refractivity contribution in [1.29, 1.82) is 0 Å². The first-order valence-corrected chi connectivity index (χ1v) is 9.44. The van der Waals surface area contributed by atoms with E-state index in [1.54, 1.807) is 0 Å². The fraction of sp³-hybridized carbons (Fsp3) is 0. The molecule has 0 bridgehead atoms. The van der Waals surface area contributed by atoms with Crippen LogP contribution in [0, 0.1) is 0 Å². The van der Waals surface area contributed by atoms with Crippen molar-refractivity contribution in [2.24, 2.45) is 0 Å². The molecule has 0 fully saturated rings. The molecule has 0 heterocycles. The van der Waals surface area contributed by atoms with Gasteiger partial charge in [-0.25, -0.2) is 0 Å². The topological polar surface area (TPSA) is 9.23 Å². The zero-order valence-corrected chi connectivity index (χ0v) is 14.1. The van der Waals surface area contributed by atoms with Gasteiger partial charge in [0.1, 0.15) is 0 Å². The molecule has 0 atom stereocenters. The summed E-state index contributed by atoms with van der Waals surface area (Å²) in [6, 6.07) is 31.7.